The molecule has 0 fully saturated rings. The molecule has 0 aliphatic rings. The summed E-state index contributed by atoms with van der Waals surface area (Å²) in [5.74, 6) is -1.05. The van der Waals surface area contributed by atoms with Crippen LogP contribution in [-0.4, -0.2) is 10.3 Å². The van der Waals surface area contributed by atoms with Crippen molar-refractivity contribution in [3.63, 3.8) is 0 Å². The molecular formula is C10H10F4OS. The predicted octanol–water partition coefficient (Wildman–Crippen LogP) is 3.36. The molecule has 0 N–H and O–H groups in total. The highest BCUT2D eigenvalue weighted by atomic mass is 32.2. The first-order valence-corrected chi connectivity index (χ1v) is 5.94. The van der Waals surface area contributed by atoms with Crippen molar-refractivity contribution in [2.24, 2.45) is 0 Å². The van der Waals surface area contributed by atoms with Crippen LogP contribution in [0.4, 0.5) is 17.6 Å². The Morgan fingerprint density at radius 3 is 2.44 bits per heavy atom. The van der Waals surface area contributed by atoms with Crippen molar-refractivity contribution < 1.29 is 22.1 Å². The normalized spacial score (nSPS) is 13.9. The van der Waals surface area contributed by atoms with Crippen molar-refractivity contribution in [1.29, 1.82) is 0 Å². The van der Waals surface area contributed by atoms with E-state index in [0.717, 1.165) is 18.2 Å². The molecule has 90 valence electrons. The molecule has 0 bridgehead atoms. The fourth-order valence-corrected chi connectivity index (χ4v) is 2.54. The van der Waals surface area contributed by atoms with E-state index < -0.39 is 33.6 Å². The van der Waals surface area contributed by atoms with Gasteiger partial charge in [0.15, 0.2) is 5.82 Å². The maximum Gasteiger partial charge on any atom is 0.421 e. The SMILES string of the molecule is CCC[S+]([O-])c1c(F)cccc1C(F)(F)F. The van der Waals surface area contributed by atoms with Gasteiger partial charge in [-0.2, -0.15) is 13.2 Å². The van der Waals surface area contributed by atoms with Gasteiger partial charge < -0.3 is 4.55 Å². The zero-order chi connectivity index (χ0) is 12.3. The van der Waals surface area contributed by atoms with Crippen LogP contribution in [0.2, 0.25) is 0 Å². The lowest BCUT2D eigenvalue weighted by atomic mass is 10.2. The van der Waals surface area contributed by atoms with Crippen LogP contribution < -0.4 is 0 Å². The van der Waals surface area contributed by atoms with Gasteiger partial charge in [0.1, 0.15) is 11.3 Å². The molecule has 0 spiro atoms. The second-order valence-corrected chi connectivity index (χ2v) is 4.67. The molecule has 0 aliphatic heterocycles. The van der Waals surface area contributed by atoms with Gasteiger partial charge in [-0.1, -0.05) is 13.0 Å². The van der Waals surface area contributed by atoms with Crippen LogP contribution in [-0.2, 0) is 17.4 Å². The molecule has 1 aromatic carbocycles. The number of halogens is 4. The second kappa shape index (κ2) is 5.05. The third-order valence-electron chi connectivity index (χ3n) is 1.89. The van der Waals surface area contributed by atoms with Crippen molar-refractivity contribution in [2.75, 3.05) is 5.75 Å². The van der Waals surface area contributed by atoms with Gasteiger partial charge in [-0.3, -0.25) is 0 Å². The molecular weight excluding hydrogens is 244 g/mol. The predicted molar refractivity (Wildman–Crippen MR) is 53.0 cm³/mol. The van der Waals surface area contributed by atoms with Crippen molar-refractivity contribution in [2.45, 2.75) is 24.4 Å². The first-order chi connectivity index (χ1) is 7.38. The number of hydrogen-bond acceptors (Lipinski definition) is 1. The fourth-order valence-electron chi connectivity index (χ4n) is 1.25. The monoisotopic (exact) mass is 254 g/mol. The summed E-state index contributed by atoms with van der Waals surface area (Å²) in [6, 6.07) is 2.59. The quantitative estimate of drug-likeness (QED) is 0.599. The smallest absolute Gasteiger partial charge is 0.421 e. The molecule has 1 nitrogen and oxygen atoms in total. The van der Waals surface area contributed by atoms with E-state index in [0.29, 0.717) is 6.42 Å². The lowest BCUT2D eigenvalue weighted by Crippen LogP contribution is -2.17. The van der Waals surface area contributed by atoms with Crippen LogP contribution in [0.25, 0.3) is 0 Å². The van der Waals surface area contributed by atoms with Crippen LogP contribution in [0.1, 0.15) is 18.9 Å². The number of rotatable bonds is 3. The Hall–Kier alpha value is -0.750. The average molecular weight is 254 g/mol. The molecule has 16 heavy (non-hydrogen) atoms. The van der Waals surface area contributed by atoms with Crippen molar-refractivity contribution in [1.82, 2.24) is 0 Å². The molecule has 0 radical (unpaired) electrons. The molecule has 0 aliphatic carbocycles. The zero-order valence-corrected chi connectivity index (χ0v) is 9.29. The summed E-state index contributed by atoms with van der Waals surface area (Å²) < 4.78 is 62.3. The van der Waals surface area contributed by atoms with Crippen molar-refractivity contribution in [3.05, 3.63) is 29.6 Å². The summed E-state index contributed by atoms with van der Waals surface area (Å²) in [7, 11) is 0. The van der Waals surface area contributed by atoms with Crippen molar-refractivity contribution >= 4 is 11.2 Å². The molecule has 1 unspecified atom stereocenters. The van der Waals surface area contributed by atoms with Gasteiger partial charge in [-0.05, 0) is 29.7 Å². The minimum absolute atomic E-state index is 0.0179. The minimum atomic E-state index is -4.68. The maximum atomic E-state index is 13.3. The van der Waals surface area contributed by atoms with Gasteiger partial charge in [-0.15, -0.1) is 0 Å². The molecule has 0 saturated heterocycles. The standard InChI is InChI=1S/C10H10F4OS/c1-2-6-16(15)9-7(10(12,13)14)4-3-5-8(9)11/h3-5H,2,6H2,1H3. The number of alkyl halides is 3. The van der Waals surface area contributed by atoms with E-state index in [-0.39, 0.29) is 5.75 Å². The Morgan fingerprint density at radius 2 is 1.94 bits per heavy atom. The molecule has 1 rings (SSSR count). The summed E-state index contributed by atoms with van der Waals surface area (Å²) in [6.45, 7) is 1.67. The summed E-state index contributed by atoms with van der Waals surface area (Å²) >= 11 is -1.95. The van der Waals surface area contributed by atoms with E-state index in [9.17, 15) is 22.1 Å². The van der Waals surface area contributed by atoms with Gasteiger partial charge in [-0.25, -0.2) is 4.39 Å². The largest absolute Gasteiger partial charge is 0.611 e. The van der Waals surface area contributed by atoms with Gasteiger partial charge in [0.05, 0.1) is 0 Å². The first kappa shape index (κ1) is 13.3. The maximum absolute atomic E-state index is 13.3. The third kappa shape index (κ3) is 2.89. The highest BCUT2D eigenvalue weighted by Crippen LogP contribution is 2.35. The highest BCUT2D eigenvalue weighted by molar-refractivity contribution is 7.91. The summed E-state index contributed by atoms with van der Waals surface area (Å²) in [5, 5.41) is 0. The second-order valence-electron chi connectivity index (χ2n) is 3.16. The van der Waals surface area contributed by atoms with Gasteiger partial charge in [0.25, 0.3) is 0 Å². The minimum Gasteiger partial charge on any atom is -0.611 e. The Bertz CT molecular complexity index is 364. The average Bonchev–Trinajstić information content (AvgIpc) is 2.16. The lowest BCUT2D eigenvalue weighted by molar-refractivity contribution is -0.140. The van der Waals surface area contributed by atoms with Gasteiger partial charge >= 0.3 is 6.18 Å². The summed E-state index contributed by atoms with van der Waals surface area (Å²) in [4.78, 5) is -0.739. The van der Waals surface area contributed by atoms with E-state index in [1.165, 1.54) is 0 Å². The van der Waals surface area contributed by atoms with Crippen LogP contribution >= 0.6 is 0 Å². The lowest BCUT2D eigenvalue weighted by Gasteiger charge is -2.15. The molecule has 1 aromatic rings. The van der Waals surface area contributed by atoms with Crippen LogP contribution in [0.5, 0.6) is 0 Å². The third-order valence-corrected chi connectivity index (χ3v) is 3.54. The van der Waals surface area contributed by atoms with E-state index in [2.05, 4.69) is 0 Å². The van der Waals surface area contributed by atoms with Gasteiger partial charge in [0, 0.05) is 0 Å². The van der Waals surface area contributed by atoms with E-state index in [1.807, 2.05) is 0 Å². The fraction of sp³-hybridized carbons (Fsp3) is 0.400. The first-order valence-electron chi connectivity index (χ1n) is 4.62. The Labute approximate surface area is 93.6 Å². The number of benzene rings is 1. The van der Waals surface area contributed by atoms with Crippen LogP contribution in [0.15, 0.2) is 23.1 Å². The molecule has 0 saturated carbocycles. The molecule has 0 aromatic heterocycles. The van der Waals surface area contributed by atoms with Crippen LogP contribution in [0.3, 0.4) is 0 Å². The molecule has 1 atom stereocenters. The highest BCUT2D eigenvalue weighted by Gasteiger charge is 2.39. The molecule has 0 heterocycles. The topological polar surface area (TPSA) is 23.1 Å². The van der Waals surface area contributed by atoms with Crippen LogP contribution in [0, 0.1) is 5.82 Å². The Morgan fingerprint density at radius 1 is 1.31 bits per heavy atom. The van der Waals surface area contributed by atoms with E-state index >= 15 is 0 Å². The van der Waals surface area contributed by atoms with E-state index in [4.69, 9.17) is 0 Å². The van der Waals surface area contributed by atoms with E-state index in [1.54, 1.807) is 6.92 Å². The number of hydrogen-bond donors (Lipinski definition) is 0. The Balaban J connectivity index is 3.24. The zero-order valence-electron chi connectivity index (χ0n) is 8.47. The van der Waals surface area contributed by atoms with Crippen molar-refractivity contribution in [3.8, 4) is 0 Å². The Kier molecular flexibility index (Phi) is 4.21. The summed E-state index contributed by atoms with van der Waals surface area (Å²) in [5.41, 5.74) is -1.15. The molecule has 6 heteroatoms. The summed E-state index contributed by atoms with van der Waals surface area (Å²) in [6.07, 6.45) is -4.25. The molecule has 0 amide bonds. The van der Waals surface area contributed by atoms with Gasteiger partial charge in [0.2, 0.25) is 4.90 Å².